The average molecular weight is 332 g/mol. The fourth-order valence-corrected chi connectivity index (χ4v) is 3.13. The van der Waals surface area contributed by atoms with Crippen LogP contribution in [0.25, 0.3) is 0 Å². The SMILES string of the molecule is COc1cc(N2C(=O)c3ccccc3C2=O)ccc1S(N)(=O)=O. The standard InChI is InChI=1S/C15H12N2O5S/c1-22-12-8-9(6-7-13(12)23(16,20)21)17-14(18)10-4-2-3-5-11(10)15(17)19/h2-8H,1H3,(H2,16,20,21). The number of hydrogen-bond acceptors (Lipinski definition) is 5. The summed E-state index contributed by atoms with van der Waals surface area (Å²) >= 11 is 0. The van der Waals surface area contributed by atoms with Crippen LogP contribution in [-0.4, -0.2) is 27.3 Å². The van der Waals surface area contributed by atoms with Crippen LogP contribution in [0.4, 0.5) is 5.69 Å². The zero-order valence-corrected chi connectivity index (χ0v) is 12.8. The van der Waals surface area contributed by atoms with E-state index in [0.717, 1.165) is 4.90 Å². The van der Waals surface area contributed by atoms with Gasteiger partial charge in [0, 0.05) is 6.07 Å². The topological polar surface area (TPSA) is 107 Å². The van der Waals surface area contributed by atoms with Gasteiger partial charge in [-0.1, -0.05) is 12.1 Å². The Balaban J connectivity index is 2.11. The molecule has 0 fully saturated rings. The van der Waals surface area contributed by atoms with Crippen LogP contribution in [0.15, 0.2) is 47.4 Å². The van der Waals surface area contributed by atoms with Gasteiger partial charge in [0.05, 0.1) is 23.9 Å². The molecule has 0 saturated carbocycles. The third kappa shape index (κ3) is 2.37. The molecule has 0 bridgehead atoms. The second kappa shape index (κ2) is 5.18. The van der Waals surface area contributed by atoms with E-state index in [4.69, 9.17) is 9.88 Å². The smallest absolute Gasteiger partial charge is 0.266 e. The van der Waals surface area contributed by atoms with Crippen LogP contribution >= 0.6 is 0 Å². The minimum atomic E-state index is -3.98. The second-order valence-electron chi connectivity index (χ2n) is 4.87. The first-order valence-electron chi connectivity index (χ1n) is 6.53. The van der Waals surface area contributed by atoms with Crippen molar-refractivity contribution in [3.05, 3.63) is 53.6 Å². The maximum absolute atomic E-state index is 12.4. The molecule has 2 N–H and O–H groups in total. The molecule has 118 valence electrons. The maximum Gasteiger partial charge on any atom is 0.266 e. The van der Waals surface area contributed by atoms with Gasteiger partial charge in [-0.05, 0) is 24.3 Å². The summed E-state index contributed by atoms with van der Waals surface area (Å²) in [5.74, 6) is -0.992. The van der Waals surface area contributed by atoms with Crippen molar-refractivity contribution in [2.75, 3.05) is 12.0 Å². The highest BCUT2D eigenvalue weighted by Crippen LogP contribution is 2.33. The molecule has 1 heterocycles. The zero-order chi connectivity index (χ0) is 16.8. The van der Waals surface area contributed by atoms with Crippen molar-refractivity contribution >= 4 is 27.5 Å². The fraction of sp³-hybridized carbons (Fsp3) is 0.0667. The summed E-state index contributed by atoms with van der Waals surface area (Å²) in [6.07, 6.45) is 0. The van der Waals surface area contributed by atoms with Crippen LogP contribution in [0.5, 0.6) is 5.75 Å². The number of imide groups is 1. The molecule has 0 aliphatic carbocycles. The fourth-order valence-electron chi connectivity index (χ4n) is 2.45. The summed E-state index contributed by atoms with van der Waals surface area (Å²) in [5.41, 5.74) is 0.805. The number of methoxy groups -OCH3 is 1. The minimum Gasteiger partial charge on any atom is -0.495 e. The van der Waals surface area contributed by atoms with Gasteiger partial charge in [0.1, 0.15) is 10.6 Å². The molecule has 0 aromatic heterocycles. The van der Waals surface area contributed by atoms with Crippen molar-refractivity contribution in [2.24, 2.45) is 5.14 Å². The lowest BCUT2D eigenvalue weighted by atomic mass is 10.1. The van der Waals surface area contributed by atoms with Gasteiger partial charge in [-0.25, -0.2) is 18.5 Å². The van der Waals surface area contributed by atoms with Crippen LogP contribution in [0.1, 0.15) is 20.7 Å². The number of fused-ring (bicyclic) bond motifs is 1. The lowest BCUT2D eigenvalue weighted by Crippen LogP contribution is -2.29. The van der Waals surface area contributed by atoms with Crippen molar-refractivity contribution < 1.29 is 22.7 Å². The number of hydrogen-bond donors (Lipinski definition) is 1. The van der Waals surface area contributed by atoms with E-state index in [1.54, 1.807) is 24.3 Å². The Morgan fingerprint density at radius 1 is 1.00 bits per heavy atom. The minimum absolute atomic E-state index is 0.0402. The summed E-state index contributed by atoms with van der Waals surface area (Å²) < 4.78 is 28.0. The lowest BCUT2D eigenvalue weighted by molar-refractivity contribution is 0.0926. The monoisotopic (exact) mass is 332 g/mol. The van der Waals surface area contributed by atoms with Crippen LogP contribution < -0.4 is 14.8 Å². The predicted molar refractivity (Wildman–Crippen MR) is 81.9 cm³/mol. The van der Waals surface area contributed by atoms with Gasteiger partial charge in [-0.15, -0.1) is 0 Å². The van der Waals surface area contributed by atoms with E-state index < -0.39 is 21.8 Å². The number of anilines is 1. The molecule has 2 amide bonds. The number of sulfonamides is 1. The highest BCUT2D eigenvalue weighted by atomic mass is 32.2. The van der Waals surface area contributed by atoms with E-state index in [1.807, 2.05) is 0 Å². The van der Waals surface area contributed by atoms with Gasteiger partial charge in [0.2, 0.25) is 10.0 Å². The predicted octanol–water partition coefficient (Wildman–Crippen LogP) is 1.14. The summed E-state index contributed by atoms with van der Waals surface area (Å²) in [4.78, 5) is 25.6. The van der Waals surface area contributed by atoms with E-state index >= 15 is 0 Å². The van der Waals surface area contributed by atoms with E-state index in [2.05, 4.69) is 0 Å². The molecule has 0 atom stereocenters. The molecule has 0 unspecified atom stereocenters. The van der Waals surface area contributed by atoms with Crippen molar-refractivity contribution in [1.29, 1.82) is 0 Å². The van der Waals surface area contributed by atoms with Crippen LogP contribution in [0.3, 0.4) is 0 Å². The molecule has 1 aliphatic rings. The van der Waals surface area contributed by atoms with Crippen LogP contribution in [-0.2, 0) is 10.0 Å². The number of benzene rings is 2. The van der Waals surface area contributed by atoms with Gasteiger partial charge in [-0.3, -0.25) is 9.59 Å². The number of rotatable bonds is 3. The number of amides is 2. The molecule has 1 aliphatic heterocycles. The Morgan fingerprint density at radius 3 is 2.04 bits per heavy atom. The number of nitrogens with two attached hydrogens (primary N) is 1. The first kappa shape index (κ1) is 15.2. The average Bonchev–Trinajstić information content (AvgIpc) is 2.78. The largest absolute Gasteiger partial charge is 0.495 e. The van der Waals surface area contributed by atoms with E-state index in [1.165, 1.54) is 25.3 Å². The van der Waals surface area contributed by atoms with Gasteiger partial charge in [0.15, 0.2) is 0 Å². The van der Waals surface area contributed by atoms with Crippen molar-refractivity contribution in [3.63, 3.8) is 0 Å². The molecular formula is C15H12N2O5S. The molecule has 2 aromatic carbocycles. The van der Waals surface area contributed by atoms with E-state index in [-0.39, 0.29) is 16.3 Å². The van der Waals surface area contributed by atoms with Crippen molar-refractivity contribution in [1.82, 2.24) is 0 Å². The summed E-state index contributed by atoms with van der Waals surface area (Å²) in [6, 6.07) is 10.3. The first-order chi connectivity index (χ1) is 10.8. The van der Waals surface area contributed by atoms with Gasteiger partial charge in [0.25, 0.3) is 11.8 Å². The van der Waals surface area contributed by atoms with Gasteiger partial charge in [-0.2, -0.15) is 0 Å². The lowest BCUT2D eigenvalue weighted by Gasteiger charge is -2.16. The Bertz CT molecular complexity index is 902. The third-order valence-electron chi connectivity index (χ3n) is 3.51. The molecule has 2 aromatic rings. The zero-order valence-electron chi connectivity index (χ0n) is 12.0. The Kier molecular flexibility index (Phi) is 3.42. The maximum atomic E-state index is 12.4. The van der Waals surface area contributed by atoms with Crippen molar-refractivity contribution in [3.8, 4) is 5.75 Å². The van der Waals surface area contributed by atoms with Gasteiger partial charge >= 0.3 is 0 Å². The molecule has 3 rings (SSSR count). The van der Waals surface area contributed by atoms with E-state index in [0.29, 0.717) is 11.1 Å². The Hall–Kier alpha value is -2.71. The van der Waals surface area contributed by atoms with Crippen molar-refractivity contribution in [2.45, 2.75) is 4.90 Å². The summed E-state index contributed by atoms with van der Waals surface area (Å²) in [6.45, 7) is 0. The number of carbonyl (C=O) groups excluding carboxylic acids is 2. The first-order valence-corrected chi connectivity index (χ1v) is 8.08. The van der Waals surface area contributed by atoms with E-state index in [9.17, 15) is 18.0 Å². The molecule has 0 saturated heterocycles. The molecule has 7 nitrogen and oxygen atoms in total. The molecule has 0 radical (unpaired) electrons. The Labute approximate surface area is 132 Å². The number of ether oxygens (including phenoxy) is 1. The van der Waals surface area contributed by atoms with Crippen LogP contribution in [0, 0.1) is 0 Å². The Morgan fingerprint density at radius 2 is 1.57 bits per heavy atom. The molecular weight excluding hydrogens is 320 g/mol. The quantitative estimate of drug-likeness (QED) is 0.848. The highest BCUT2D eigenvalue weighted by molar-refractivity contribution is 7.89. The number of nitrogens with zero attached hydrogens (tertiary/aromatic N) is 1. The molecule has 0 spiro atoms. The number of carbonyl (C=O) groups is 2. The van der Waals surface area contributed by atoms with Gasteiger partial charge < -0.3 is 4.74 Å². The summed E-state index contributed by atoms with van der Waals surface area (Å²) in [5, 5.41) is 5.10. The molecule has 23 heavy (non-hydrogen) atoms. The third-order valence-corrected chi connectivity index (χ3v) is 4.46. The molecule has 8 heteroatoms. The second-order valence-corrected chi connectivity index (χ2v) is 6.40. The van der Waals surface area contributed by atoms with Crippen LogP contribution in [0.2, 0.25) is 0 Å². The summed E-state index contributed by atoms with van der Waals surface area (Å²) in [7, 11) is -2.71. The normalized spacial score (nSPS) is 14.1. The number of primary sulfonamides is 1. The highest BCUT2D eigenvalue weighted by Gasteiger charge is 2.36.